The Hall–Kier alpha value is -1.75. The Bertz CT molecular complexity index is 419. The molecule has 0 saturated carbocycles. The van der Waals surface area contributed by atoms with E-state index in [4.69, 9.17) is 10.8 Å². The molecule has 0 spiro atoms. The third-order valence-electron chi connectivity index (χ3n) is 2.77. The smallest absolute Gasteiger partial charge is 0.237 e. The summed E-state index contributed by atoms with van der Waals surface area (Å²) >= 11 is 0. The average molecular weight is 252 g/mol. The van der Waals surface area contributed by atoms with Crippen LogP contribution in [0.25, 0.3) is 0 Å². The molecule has 0 heterocycles. The first-order valence-corrected chi connectivity index (χ1v) is 5.96. The van der Waals surface area contributed by atoms with Gasteiger partial charge >= 0.3 is 0 Å². The van der Waals surface area contributed by atoms with Gasteiger partial charge in [-0.05, 0) is 30.0 Å². The van der Waals surface area contributed by atoms with E-state index in [1.54, 1.807) is 6.07 Å². The number of hydrogen-bond acceptors (Lipinski definition) is 4. The normalized spacial score (nSPS) is 12.4. The molecular formula is C13H20N2O3. The molecule has 18 heavy (non-hydrogen) atoms. The fourth-order valence-electron chi connectivity index (χ4n) is 1.48. The van der Waals surface area contributed by atoms with Crippen LogP contribution in [0.1, 0.15) is 19.4 Å². The zero-order valence-corrected chi connectivity index (χ0v) is 10.7. The average Bonchev–Trinajstić information content (AvgIpc) is 2.32. The van der Waals surface area contributed by atoms with Crippen molar-refractivity contribution in [1.82, 2.24) is 5.32 Å². The molecule has 0 aliphatic carbocycles. The van der Waals surface area contributed by atoms with Crippen LogP contribution in [0.3, 0.4) is 0 Å². The first-order chi connectivity index (χ1) is 8.41. The maximum Gasteiger partial charge on any atom is 0.237 e. The van der Waals surface area contributed by atoms with Crippen LogP contribution in [0.2, 0.25) is 0 Å². The van der Waals surface area contributed by atoms with E-state index < -0.39 is 6.04 Å². The predicted octanol–water partition coefficient (Wildman–Crippen LogP) is 0.740. The topological polar surface area (TPSA) is 95.6 Å². The van der Waals surface area contributed by atoms with Crippen molar-refractivity contribution in [2.24, 2.45) is 11.7 Å². The number of nitrogens with two attached hydrogens (primary N) is 1. The lowest BCUT2D eigenvalue weighted by Gasteiger charge is -2.15. The summed E-state index contributed by atoms with van der Waals surface area (Å²) < 4.78 is 0. The van der Waals surface area contributed by atoms with Gasteiger partial charge in [0.2, 0.25) is 5.91 Å². The molecule has 0 unspecified atom stereocenters. The lowest BCUT2D eigenvalue weighted by molar-refractivity contribution is -0.123. The van der Waals surface area contributed by atoms with Crippen molar-refractivity contribution in [2.45, 2.75) is 26.3 Å². The summed E-state index contributed by atoms with van der Waals surface area (Å²) in [6.07, 6.45) is 0.574. The van der Waals surface area contributed by atoms with Gasteiger partial charge in [-0.15, -0.1) is 0 Å². The molecule has 0 aromatic heterocycles. The molecule has 0 aliphatic rings. The highest BCUT2D eigenvalue weighted by Gasteiger charge is 2.16. The molecule has 0 aliphatic heterocycles. The third kappa shape index (κ3) is 3.92. The minimum absolute atomic E-state index is 0.0997. The van der Waals surface area contributed by atoms with Crippen LogP contribution in [-0.2, 0) is 11.2 Å². The maximum absolute atomic E-state index is 11.6. The molecule has 5 heteroatoms. The number of benzene rings is 1. The lowest BCUT2D eigenvalue weighted by Crippen LogP contribution is -2.44. The lowest BCUT2D eigenvalue weighted by atomic mass is 10.0. The summed E-state index contributed by atoms with van der Waals surface area (Å²) in [7, 11) is 0. The second-order valence-corrected chi connectivity index (χ2v) is 4.63. The number of hydrogen-bond donors (Lipinski definition) is 4. The number of phenols is 2. The van der Waals surface area contributed by atoms with Crippen LogP contribution in [0.4, 0.5) is 0 Å². The Labute approximate surface area is 107 Å². The first kappa shape index (κ1) is 14.3. The minimum atomic E-state index is -0.502. The highest BCUT2D eigenvalue weighted by Crippen LogP contribution is 2.24. The Balaban J connectivity index is 2.42. The van der Waals surface area contributed by atoms with Crippen molar-refractivity contribution in [3.8, 4) is 11.5 Å². The van der Waals surface area contributed by atoms with E-state index in [2.05, 4.69) is 5.32 Å². The molecule has 5 N–H and O–H groups in total. The molecule has 1 amide bonds. The molecule has 0 fully saturated rings. The molecule has 0 radical (unpaired) electrons. The van der Waals surface area contributed by atoms with E-state index in [0.29, 0.717) is 13.0 Å². The van der Waals surface area contributed by atoms with Crippen LogP contribution >= 0.6 is 0 Å². The molecule has 1 aromatic rings. The van der Waals surface area contributed by atoms with Gasteiger partial charge in [0.25, 0.3) is 0 Å². The molecule has 0 bridgehead atoms. The minimum Gasteiger partial charge on any atom is -0.504 e. The van der Waals surface area contributed by atoms with Crippen LogP contribution in [0, 0.1) is 5.92 Å². The van der Waals surface area contributed by atoms with Crippen LogP contribution in [0.5, 0.6) is 11.5 Å². The van der Waals surface area contributed by atoms with Crippen molar-refractivity contribution >= 4 is 5.91 Å². The largest absolute Gasteiger partial charge is 0.504 e. The SMILES string of the molecule is CC(C)[C@H](N)C(=O)NCCc1ccc(O)c(O)c1. The van der Waals surface area contributed by atoms with E-state index in [9.17, 15) is 9.90 Å². The van der Waals surface area contributed by atoms with Gasteiger partial charge in [0.05, 0.1) is 6.04 Å². The summed E-state index contributed by atoms with van der Waals surface area (Å²) in [5.74, 6) is -0.377. The number of carbonyl (C=O) groups excluding carboxylic acids is 1. The van der Waals surface area contributed by atoms with Crippen molar-refractivity contribution in [1.29, 1.82) is 0 Å². The third-order valence-corrected chi connectivity index (χ3v) is 2.77. The van der Waals surface area contributed by atoms with Crippen molar-refractivity contribution in [2.75, 3.05) is 6.54 Å². The van der Waals surface area contributed by atoms with Gasteiger partial charge in [-0.25, -0.2) is 0 Å². The van der Waals surface area contributed by atoms with Gasteiger partial charge in [0.1, 0.15) is 0 Å². The van der Waals surface area contributed by atoms with E-state index >= 15 is 0 Å². The Morgan fingerprint density at radius 1 is 1.33 bits per heavy atom. The molecule has 1 atom stereocenters. The number of rotatable bonds is 5. The van der Waals surface area contributed by atoms with E-state index in [1.807, 2.05) is 13.8 Å². The Morgan fingerprint density at radius 3 is 2.56 bits per heavy atom. The summed E-state index contributed by atoms with van der Waals surface area (Å²) in [5.41, 5.74) is 6.54. The van der Waals surface area contributed by atoms with Gasteiger partial charge in [-0.2, -0.15) is 0 Å². The van der Waals surface area contributed by atoms with E-state index in [0.717, 1.165) is 5.56 Å². The van der Waals surface area contributed by atoms with E-state index in [1.165, 1.54) is 12.1 Å². The fourth-order valence-corrected chi connectivity index (χ4v) is 1.48. The molecule has 1 rings (SSSR count). The standard InChI is InChI=1S/C13H20N2O3/c1-8(2)12(14)13(18)15-6-5-9-3-4-10(16)11(17)7-9/h3-4,7-8,12,16-17H,5-6,14H2,1-2H3,(H,15,18)/t12-/m0/s1. The maximum atomic E-state index is 11.6. The van der Waals surface area contributed by atoms with Crippen molar-refractivity contribution < 1.29 is 15.0 Å². The summed E-state index contributed by atoms with van der Waals surface area (Å²) in [6, 6.07) is 4.10. The molecular weight excluding hydrogens is 232 g/mol. The highest BCUT2D eigenvalue weighted by atomic mass is 16.3. The van der Waals surface area contributed by atoms with E-state index in [-0.39, 0.29) is 23.3 Å². The van der Waals surface area contributed by atoms with Gasteiger partial charge < -0.3 is 21.3 Å². The first-order valence-electron chi connectivity index (χ1n) is 5.96. The second kappa shape index (κ2) is 6.26. The van der Waals surface area contributed by atoms with Gasteiger partial charge in [0.15, 0.2) is 11.5 Å². The van der Waals surface area contributed by atoms with Crippen LogP contribution in [-0.4, -0.2) is 28.7 Å². The zero-order chi connectivity index (χ0) is 13.7. The van der Waals surface area contributed by atoms with Crippen molar-refractivity contribution in [3.05, 3.63) is 23.8 Å². The van der Waals surface area contributed by atoms with Crippen molar-refractivity contribution in [3.63, 3.8) is 0 Å². The Kier molecular flexibility index (Phi) is 4.97. The summed E-state index contributed by atoms with van der Waals surface area (Å²) in [4.78, 5) is 11.6. The molecule has 1 aromatic carbocycles. The summed E-state index contributed by atoms with van der Waals surface area (Å²) in [5, 5.41) is 21.2. The number of carbonyl (C=O) groups is 1. The fraction of sp³-hybridized carbons (Fsp3) is 0.462. The van der Waals surface area contributed by atoms with Gasteiger partial charge in [-0.3, -0.25) is 4.79 Å². The number of nitrogens with one attached hydrogen (secondary N) is 1. The second-order valence-electron chi connectivity index (χ2n) is 4.63. The quantitative estimate of drug-likeness (QED) is 0.581. The summed E-state index contributed by atoms with van der Waals surface area (Å²) in [6.45, 7) is 4.23. The Morgan fingerprint density at radius 2 is 2.00 bits per heavy atom. The monoisotopic (exact) mass is 252 g/mol. The van der Waals surface area contributed by atoms with Gasteiger partial charge in [-0.1, -0.05) is 19.9 Å². The molecule has 5 nitrogen and oxygen atoms in total. The van der Waals surface area contributed by atoms with Crippen LogP contribution in [0.15, 0.2) is 18.2 Å². The molecule has 100 valence electrons. The number of phenolic OH excluding ortho intramolecular Hbond substituents is 2. The zero-order valence-electron chi connectivity index (χ0n) is 10.7. The van der Waals surface area contributed by atoms with Crippen LogP contribution < -0.4 is 11.1 Å². The predicted molar refractivity (Wildman–Crippen MR) is 69.3 cm³/mol. The molecule has 0 saturated heterocycles. The number of aromatic hydroxyl groups is 2. The van der Waals surface area contributed by atoms with Gasteiger partial charge in [0, 0.05) is 6.54 Å². The highest BCUT2D eigenvalue weighted by molar-refractivity contribution is 5.81. The number of amides is 1.